The fourth-order valence-electron chi connectivity index (χ4n) is 3.22. The van der Waals surface area contributed by atoms with Crippen molar-refractivity contribution in [3.05, 3.63) is 50.7 Å². The van der Waals surface area contributed by atoms with Crippen molar-refractivity contribution in [3.8, 4) is 5.75 Å². The lowest BCUT2D eigenvalue weighted by atomic mass is 10.2. The van der Waals surface area contributed by atoms with E-state index < -0.39 is 0 Å². The predicted octanol–water partition coefficient (Wildman–Crippen LogP) is 0.806. The largest absolute Gasteiger partial charge is 0.496 e. The Morgan fingerprint density at radius 1 is 1.19 bits per heavy atom. The van der Waals surface area contributed by atoms with E-state index in [9.17, 15) is 9.59 Å². The smallest absolute Gasteiger partial charge is 0.332 e. The first-order valence-electron chi connectivity index (χ1n) is 8.56. The maximum absolute atomic E-state index is 12.8. The van der Waals surface area contributed by atoms with Gasteiger partial charge in [-0.05, 0) is 19.9 Å². The molecule has 0 saturated heterocycles. The van der Waals surface area contributed by atoms with Crippen molar-refractivity contribution < 1.29 is 4.74 Å². The van der Waals surface area contributed by atoms with Gasteiger partial charge in [0.2, 0.25) is 0 Å². The number of fused-ring (bicyclic) bond motifs is 1. The van der Waals surface area contributed by atoms with Crippen LogP contribution in [0.1, 0.15) is 19.4 Å². The molecule has 0 saturated carbocycles. The van der Waals surface area contributed by atoms with Gasteiger partial charge in [0.05, 0.1) is 13.7 Å². The van der Waals surface area contributed by atoms with Gasteiger partial charge in [-0.25, -0.2) is 4.79 Å². The summed E-state index contributed by atoms with van der Waals surface area (Å²) in [6, 6.07) is 7.89. The summed E-state index contributed by atoms with van der Waals surface area (Å²) < 4.78 is 8.05. The molecule has 2 heterocycles. The van der Waals surface area contributed by atoms with Crippen LogP contribution in [0.3, 0.4) is 0 Å². The average molecular weight is 359 g/mol. The number of rotatable bonds is 5. The van der Waals surface area contributed by atoms with E-state index in [2.05, 4.69) is 10.6 Å². The highest BCUT2D eigenvalue weighted by Gasteiger charge is 2.35. The molecule has 26 heavy (non-hydrogen) atoms. The van der Waals surface area contributed by atoms with E-state index in [1.165, 1.54) is 11.6 Å². The Morgan fingerprint density at radius 2 is 1.88 bits per heavy atom. The fraction of sp³-hybridized carbons (Fsp3) is 0.444. The molecular formula is C18H25N5O3. The standard InChI is InChI=1S/C18H25N5O3/c1-11(2)19-17-20-15-14(16(24)22(4)18(25)21(15)3)23(17)10-12-8-6-7-9-13(12)26-5/h6-9,11,17,19-20H,10H2,1-5H3. The first-order chi connectivity index (χ1) is 12.3. The molecule has 8 nitrogen and oxygen atoms in total. The van der Waals surface area contributed by atoms with Gasteiger partial charge in [-0.2, -0.15) is 0 Å². The molecule has 1 aliphatic heterocycles. The maximum atomic E-state index is 12.8. The number of hydrogen-bond acceptors (Lipinski definition) is 6. The second-order valence-electron chi connectivity index (χ2n) is 6.71. The summed E-state index contributed by atoms with van der Waals surface area (Å²) in [6.45, 7) is 4.52. The predicted molar refractivity (Wildman–Crippen MR) is 102 cm³/mol. The van der Waals surface area contributed by atoms with Crippen LogP contribution >= 0.6 is 0 Å². The fourth-order valence-corrected chi connectivity index (χ4v) is 3.22. The normalized spacial score (nSPS) is 15.9. The summed E-state index contributed by atoms with van der Waals surface area (Å²) in [5, 5.41) is 6.67. The van der Waals surface area contributed by atoms with E-state index in [1.807, 2.05) is 43.0 Å². The number of aromatic nitrogens is 2. The van der Waals surface area contributed by atoms with Crippen LogP contribution in [0, 0.1) is 0 Å². The summed E-state index contributed by atoms with van der Waals surface area (Å²) in [7, 11) is 4.78. The van der Waals surface area contributed by atoms with Crippen molar-refractivity contribution in [2.75, 3.05) is 17.3 Å². The summed E-state index contributed by atoms with van der Waals surface area (Å²) in [5.74, 6) is 1.28. The number of nitrogens with one attached hydrogen (secondary N) is 2. The zero-order chi connectivity index (χ0) is 19.0. The zero-order valence-corrected chi connectivity index (χ0v) is 15.7. The van der Waals surface area contributed by atoms with E-state index in [0.29, 0.717) is 18.1 Å². The highest BCUT2D eigenvalue weighted by atomic mass is 16.5. The molecule has 0 radical (unpaired) electrons. The topological polar surface area (TPSA) is 80.5 Å². The molecule has 2 N–H and O–H groups in total. The summed E-state index contributed by atoms with van der Waals surface area (Å²) >= 11 is 0. The van der Waals surface area contributed by atoms with E-state index in [1.54, 1.807) is 14.2 Å². The minimum Gasteiger partial charge on any atom is -0.496 e. The molecule has 0 fully saturated rings. The highest BCUT2D eigenvalue weighted by molar-refractivity contribution is 5.72. The molecule has 1 aromatic heterocycles. The SMILES string of the molecule is COc1ccccc1CN1c2c(n(C)c(=O)n(C)c2=O)NC1NC(C)C. The van der Waals surface area contributed by atoms with Crippen molar-refractivity contribution in [3.63, 3.8) is 0 Å². The Balaban J connectivity index is 2.12. The first kappa shape index (κ1) is 18.1. The number of para-hydroxylation sites is 1. The van der Waals surface area contributed by atoms with Gasteiger partial charge in [-0.1, -0.05) is 18.2 Å². The Bertz CT molecular complexity index is 931. The third kappa shape index (κ3) is 2.96. The van der Waals surface area contributed by atoms with Crippen LogP contribution in [0.4, 0.5) is 11.5 Å². The molecule has 1 unspecified atom stereocenters. The molecule has 0 amide bonds. The number of anilines is 2. The van der Waals surface area contributed by atoms with Crippen molar-refractivity contribution in [2.24, 2.45) is 14.1 Å². The number of hydrogen-bond donors (Lipinski definition) is 2. The highest BCUT2D eigenvalue weighted by Crippen LogP contribution is 2.32. The van der Waals surface area contributed by atoms with Crippen LogP contribution < -0.4 is 31.5 Å². The van der Waals surface area contributed by atoms with Gasteiger partial charge in [0.15, 0.2) is 6.29 Å². The van der Waals surface area contributed by atoms with Gasteiger partial charge in [-0.3, -0.25) is 19.2 Å². The zero-order valence-electron chi connectivity index (χ0n) is 15.7. The Kier molecular flexibility index (Phi) is 4.78. The molecule has 1 aromatic carbocycles. The third-order valence-corrected chi connectivity index (χ3v) is 4.54. The maximum Gasteiger partial charge on any atom is 0.332 e. The van der Waals surface area contributed by atoms with E-state index in [4.69, 9.17) is 4.74 Å². The van der Waals surface area contributed by atoms with Crippen LogP contribution in [0.5, 0.6) is 5.75 Å². The molecule has 0 bridgehead atoms. The van der Waals surface area contributed by atoms with E-state index in [0.717, 1.165) is 15.9 Å². The van der Waals surface area contributed by atoms with Crippen LogP contribution in [0.15, 0.2) is 33.9 Å². The molecule has 1 aliphatic rings. The number of methoxy groups -OCH3 is 1. The minimum absolute atomic E-state index is 0.183. The Labute approximate surface area is 152 Å². The van der Waals surface area contributed by atoms with Crippen molar-refractivity contribution in [2.45, 2.75) is 32.7 Å². The van der Waals surface area contributed by atoms with Crippen molar-refractivity contribution in [1.29, 1.82) is 0 Å². The first-order valence-corrected chi connectivity index (χ1v) is 8.56. The van der Waals surface area contributed by atoms with Crippen molar-refractivity contribution >= 4 is 11.5 Å². The molecule has 0 aliphatic carbocycles. The van der Waals surface area contributed by atoms with Crippen LogP contribution in [-0.4, -0.2) is 28.6 Å². The van der Waals surface area contributed by atoms with E-state index in [-0.39, 0.29) is 23.6 Å². The minimum atomic E-state index is -0.358. The van der Waals surface area contributed by atoms with Gasteiger partial charge in [0.25, 0.3) is 5.56 Å². The van der Waals surface area contributed by atoms with Crippen LogP contribution in [0.2, 0.25) is 0 Å². The number of benzene rings is 1. The van der Waals surface area contributed by atoms with Crippen molar-refractivity contribution in [1.82, 2.24) is 14.5 Å². The van der Waals surface area contributed by atoms with Gasteiger partial charge in [-0.15, -0.1) is 0 Å². The molecule has 2 aromatic rings. The molecule has 140 valence electrons. The number of ether oxygens (including phenoxy) is 1. The van der Waals surface area contributed by atoms with Gasteiger partial charge in [0.1, 0.15) is 17.3 Å². The summed E-state index contributed by atoms with van der Waals surface area (Å²) in [4.78, 5) is 27.0. The molecule has 0 spiro atoms. The van der Waals surface area contributed by atoms with Gasteiger partial charge < -0.3 is 15.0 Å². The number of nitrogens with zero attached hydrogens (tertiary/aromatic N) is 3. The summed E-state index contributed by atoms with van der Waals surface area (Å²) in [5.41, 5.74) is 0.747. The Morgan fingerprint density at radius 3 is 2.54 bits per heavy atom. The molecule has 3 rings (SSSR count). The summed E-state index contributed by atoms with van der Waals surface area (Å²) in [6.07, 6.45) is -0.310. The van der Waals surface area contributed by atoms with Crippen LogP contribution in [-0.2, 0) is 20.6 Å². The van der Waals surface area contributed by atoms with Gasteiger partial charge >= 0.3 is 5.69 Å². The average Bonchev–Trinajstić information content (AvgIpc) is 2.96. The van der Waals surface area contributed by atoms with Gasteiger partial charge in [0, 0.05) is 25.7 Å². The van der Waals surface area contributed by atoms with E-state index >= 15 is 0 Å². The third-order valence-electron chi connectivity index (χ3n) is 4.54. The molecule has 1 atom stereocenters. The second kappa shape index (κ2) is 6.87. The van der Waals surface area contributed by atoms with Crippen LogP contribution in [0.25, 0.3) is 0 Å². The second-order valence-corrected chi connectivity index (χ2v) is 6.71. The molecule has 8 heteroatoms. The lowest BCUT2D eigenvalue weighted by Gasteiger charge is -2.29. The lowest BCUT2D eigenvalue weighted by molar-refractivity contribution is 0.407. The molecular weight excluding hydrogens is 334 g/mol. The monoisotopic (exact) mass is 359 g/mol. The quantitative estimate of drug-likeness (QED) is 0.822. The lowest BCUT2D eigenvalue weighted by Crippen LogP contribution is -2.50. The Hall–Kier alpha value is -2.74.